The van der Waals surface area contributed by atoms with Crippen molar-refractivity contribution in [2.24, 2.45) is 17.8 Å². The minimum Gasteiger partial charge on any atom is -0.490 e. The number of rotatable bonds is 2. The number of halogens is 4. The Morgan fingerprint density at radius 1 is 1.17 bits per heavy atom. The number of nitrogens with one attached hydrogen (secondary N) is 1. The molecule has 12 heteroatoms. The molecule has 2 bridgehead atoms. The van der Waals surface area contributed by atoms with E-state index < -0.39 is 39.7 Å². The summed E-state index contributed by atoms with van der Waals surface area (Å²) in [6, 6.07) is 10.8. The van der Waals surface area contributed by atoms with Crippen LogP contribution < -0.4 is 14.4 Å². The number of allylic oxidation sites excluding steroid dienone is 1. The molecule has 4 aliphatic rings. The first-order valence-corrected chi connectivity index (χ1v) is 17.8. The highest BCUT2D eigenvalue weighted by atomic mass is 35.5. The average molecular weight is 681 g/mol. The average Bonchev–Trinajstić information content (AvgIpc) is 3.13. The van der Waals surface area contributed by atoms with Gasteiger partial charge in [0.05, 0.1) is 30.1 Å². The van der Waals surface area contributed by atoms with Gasteiger partial charge in [0.25, 0.3) is 5.91 Å². The van der Waals surface area contributed by atoms with Crippen molar-refractivity contribution in [1.82, 2.24) is 4.72 Å². The number of benzene rings is 2. The Kier molecular flexibility index (Phi) is 9.15. The van der Waals surface area contributed by atoms with Crippen LogP contribution >= 0.6 is 11.6 Å². The zero-order valence-corrected chi connectivity index (χ0v) is 27.6. The predicted octanol–water partition coefficient (Wildman–Crippen LogP) is 6.83. The second kappa shape index (κ2) is 12.7. The summed E-state index contributed by atoms with van der Waals surface area (Å²) in [5, 5.41) is -1.17. The topological polar surface area (TPSA) is 84.9 Å². The predicted molar refractivity (Wildman–Crippen MR) is 171 cm³/mol. The highest BCUT2D eigenvalue weighted by molar-refractivity contribution is 7.90. The zero-order valence-electron chi connectivity index (χ0n) is 26.0. The SMILES string of the molecule is CO[C@H]1/C=C/C[C@H](C)[C@@H](CC(F)(F)F)S(=O)(=O)NC(=O)c2ccc3c(c2)N(C[C@@H]2CC[C@H]21)C[C@@]1(CCCc2cc(Cl)ccc21)CO3. The quantitative estimate of drug-likeness (QED) is 0.350. The van der Waals surface area contributed by atoms with Crippen molar-refractivity contribution in [2.45, 2.75) is 74.8 Å². The standard InChI is InChI=1S/C34H40ClF3N2O5S/c1-21-5-3-7-29(44-2)26-11-8-24(26)18-40-19-33(14-4-6-22-15-25(35)10-12-27(22)33)20-45-30-13-9-23(16-28(30)40)32(41)39-46(42,43)31(21)17-34(36,37)38/h3,7,9-10,12-13,15-16,21,24,26,29,31H,4-6,8,11,14,17-20H2,1-2H3,(H,39,41)/b7-3+/t21-,24-,26+,29-,31+,33-/m0/s1. The number of methoxy groups -OCH3 is 1. The van der Waals surface area contributed by atoms with Crippen LogP contribution in [0.1, 0.15) is 66.9 Å². The van der Waals surface area contributed by atoms with E-state index in [4.69, 9.17) is 21.1 Å². The Bertz CT molecular complexity index is 1620. The van der Waals surface area contributed by atoms with Gasteiger partial charge in [0.1, 0.15) is 5.75 Å². The number of aryl methyl sites for hydroxylation is 1. The Hall–Kier alpha value is -2.76. The van der Waals surface area contributed by atoms with Crippen molar-refractivity contribution < 1.29 is 35.9 Å². The number of carbonyl (C=O) groups excluding carboxylic acids is 1. The van der Waals surface area contributed by atoms with E-state index in [1.54, 1.807) is 25.3 Å². The summed E-state index contributed by atoms with van der Waals surface area (Å²) >= 11 is 6.38. The van der Waals surface area contributed by atoms with E-state index in [2.05, 4.69) is 11.0 Å². The number of carbonyl (C=O) groups is 1. The lowest BCUT2D eigenvalue weighted by Gasteiger charge is -2.46. The van der Waals surface area contributed by atoms with E-state index in [1.165, 1.54) is 24.1 Å². The van der Waals surface area contributed by atoms with Crippen LogP contribution in [0.25, 0.3) is 0 Å². The largest absolute Gasteiger partial charge is 0.490 e. The lowest BCUT2D eigenvalue weighted by molar-refractivity contribution is -0.136. The monoisotopic (exact) mass is 680 g/mol. The van der Waals surface area contributed by atoms with Crippen molar-refractivity contribution in [3.63, 3.8) is 0 Å². The Balaban J connectivity index is 1.43. The molecule has 2 aliphatic carbocycles. The van der Waals surface area contributed by atoms with Gasteiger partial charge in [-0.15, -0.1) is 0 Å². The maximum Gasteiger partial charge on any atom is 0.390 e. The minimum absolute atomic E-state index is 0.0352. The second-order valence-corrected chi connectivity index (χ2v) is 15.8. The molecule has 1 N–H and O–H groups in total. The number of alkyl halides is 3. The number of hydrogen-bond donors (Lipinski definition) is 1. The van der Waals surface area contributed by atoms with Crippen LogP contribution in [-0.4, -0.2) is 58.7 Å². The molecule has 250 valence electrons. The molecular weight excluding hydrogens is 641 g/mol. The van der Waals surface area contributed by atoms with Crippen molar-refractivity contribution in [3.8, 4) is 5.75 Å². The van der Waals surface area contributed by atoms with Gasteiger partial charge in [-0.25, -0.2) is 13.1 Å². The fraction of sp³-hybridized carbons (Fsp3) is 0.559. The third-order valence-electron chi connectivity index (χ3n) is 10.5. The van der Waals surface area contributed by atoms with E-state index in [-0.39, 0.29) is 35.3 Å². The number of hydrogen-bond acceptors (Lipinski definition) is 6. The van der Waals surface area contributed by atoms with Crippen LogP contribution in [0.5, 0.6) is 5.75 Å². The van der Waals surface area contributed by atoms with Gasteiger partial charge in [0, 0.05) is 36.2 Å². The molecule has 1 amide bonds. The molecule has 2 aliphatic heterocycles. The van der Waals surface area contributed by atoms with Crippen molar-refractivity contribution in [3.05, 3.63) is 70.3 Å². The number of sulfonamides is 1. The van der Waals surface area contributed by atoms with Gasteiger partial charge in [0.15, 0.2) is 0 Å². The molecule has 1 saturated carbocycles. The van der Waals surface area contributed by atoms with E-state index in [0.717, 1.165) is 32.1 Å². The first-order valence-electron chi connectivity index (χ1n) is 15.9. The fourth-order valence-corrected chi connectivity index (χ4v) is 9.73. The summed E-state index contributed by atoms with van der Waals surface area (Å²) < 4.78 is 82.0. The summed E-state index contributed by atoms with van der Waals surface area (Å²) in [5.74, 6) is -0.881. The van der Waals surface area contributed by atoms with Crippen LogP contribution in [0.3, 0.4) is 0 Å². The zero-order chi connectivity index (χ0) is 32.9. The van der Waals surface area contributed by atoms with Crippen LogP contribution in [0.15, 0.2) is 48.6 Å². The smallest absolute Gasteiger partial charge is 0.390 e. The van der Waals surface area contributed by atoms with Gasteiger partial charge in [-0.3, -0.25) is 4.79 Å². The molecule has 0 radical (unpaired) electrons. The number of anilines is 1. The van der Waals surface area contributed by atoms with Gasteiger partial charge in [0.2, 0.25) is 10.0 Å². The second-order valence-electron chi connectivity index (χ2n) is 13.5. The highest BCUT2D eigenvalue weighted by Crippen LogP contribution is 2.47. The van der Waals surface area contributed by atoms with Gasteiger partial charge < -0.3 is 14.4 Å². The molecule has 6 atom stereocenters. The highest BCUT2D eigenvalue weighted by Gasteiger charge is 2.45. The molecule has 2 heterocycles. The van der Waals surface area contributed by atoms with E-state index in [9.17, 15) is 26.4 Å². The molecule has 2 aromatic rings. The molecule has 1 spiro atoms. The number of ether oxygens (including phenoxy) is 2. The Labute approximate surface area is 273 Å². The summed E-state index contributed by atoms with van der Waals surface area (Å²) in [7, 11) is -3.08. The summed E-state index contributed by atoms with van der Waals surface area (Å²) in [5.41, 5.74) is 2.74. The fourth-order valence-electron chi connectivity index (χ4n) is 7.88. The van der Waals surface area contributed by atoms with Gasteiger partial charge in [-0.1, -0.05) is 36.7 Å². The molecule has 7 nitrogen and oxygen atoms in total. The molecular formula is C34H40ClF3N2O5S. The first kappa shape index (κ1) is 33.2. The summed E-state index contributed by atoms with van der Waals surface area (Å²) in [6.07, 6.45) is 1.78. The third-order valence-corrected chi connectivity index (χ3v) is 12.6. The Morgan fingerprint density at radius 2 is 1.98 bits per heavy atom. The van der Waals surface area contributed by atoms with E-state index >= 15 is 0 Å². The van der Waals surface area contributed by atoms with E-state index in [0.29, 0.717) is 36.2 Å². The lowest BCUT2D eigenvalue weighted by Crippen LogP contribution is -2.49. The number of nitrogens with zero attached hydrogens (tertiary/aromatic N) is 1. The number of amides is 1. The molecule has 1 fully saturated rings. The molecule has 46 heavy (non-hydrogen) atoms. The van der Waals surface area contributed by atoms with Crippen LogP contribution in [0.4, 0.5) is 18.9 Å². The molecule has 2 aromatic carbocycles. The third kappa shape index (κ3) is 6.65. The van der Waals surface area contributed by atoms with Gasteiger partial charge in [-0.2, -0.15) is 13.2 Å². The van der Waals surface area contributed by atoms with Crippen LogP contribution in [-0.2, 0) is 26.6 Å². The van der Waals surface area contributed by atoms with Crippen molar-refractivity contribution in [2.75, 3.05) is 31.7 Å². The van der Waals surface area contributed by atoms with Crippen LogP contribution in [0, 0.1) is 17.8 Å². The van der Waals surface area contributed by atoms with Crippen LogP contribution in [0.2, 0.25) is 5.02 Å². The maximum absolute atomic E-state index is 13.6. The van der Waals surface area contributed by atoms with Gasteiger partial charge >= 0.3 is 6.18 Å². The summed E-state index contributed by atoms with van der Waals surface area (Å²) in [4.78, 5) is 15.7. The van der Waals surface area contributed by atoms with Gasteiger partial charge in [-0.05, 0) is 97.7 Å². The normalized spacial score (nSPS) is 31.8. The van der Waals surface area contributed by atoms with Crippen molar-refractivity contribution >= 4 is 33.2 Å². The number of fused-ring (bicyclic) bond motifs is 4. The molecule has 0 unspecified atom stereocenters. The summed E-state index contributed by atoms with van der Waals surface area (Å²) in [6.45, 7) is 3.17. The molecule has 6 rings (SSSR count). The molecule has 0 aromatic heterocycles. The first-order chi connectivity index (χ1) is 21.8. The van der Waals surface area contributed by atoms with Crippen molar-refractivity contribution in [1.29, 1.82) is 0 Å². The minimum atomic E-state index is -4.74. The maximum atomic E-state index is 13.6. The lowest BCUT2D eigenvalue weighted by atomic mass is 9.68. The van der Waals surface area contributed by atoms with E-state index in [1.807, 2.05) is 22.9 Å². The molecule has 0 saturated heterocycles. The Morgan fingerprint density at radius 3 is 2.70 bits per heavy atom.